The number of carbonyl (C=O) groups is 2. The summed E-state index contributed by atoms with van der Waals surface area (Å²) in [6, 6.07) is 1.77. The van der Waals surface area contributed by atoms with Crippen LogP contribution in [0.5, 0.6) is 0 Å². The second-order valence-corrected chi connectivity index (χ2v) is 6.50. The first-order chi connectivity index (χ1) is 10.8. The van der Waals surface area contributed by atoms with Crippen LogP contribution in [0, 0.1) is 13.8 Å². The predicted molar refractivity (Wildman–Crippen MR) is 88.3 cm³/mol. The number of aryl methyl sites for hydroxylation is 2. The van der Waals surface area contributed by atoms with E-state index in [-0.39, 0.29) is 18.4 Å². The van der Waals surface area contributed by atoms with Crippen molar-refractivity contribution >= 4 is 28.2 Å². The van der Waals surface area contributed by atoms with E-state index in [1.54, 1.807) is 26.8 Å². The minimum atomic E-state index is -0.440. The van der Waals surface area contributed by atoms with Crippen LogP contribution >= 0.6 is 11.3 Å². The van der Waals surface area contributed by atoms with Crippen molar-refractivity contribution in [3.63, 3.8) is 0 Å². The van der Waals surface area contributed by atoms with Gasteiger partial charge >= 0.3 is 5.97 Å². The van der Waals surface area contributed by atoms with E-state index in [0.717, 1.165) is 4.88 Å². The molecule has 2 heterocycles. The monoisotopic (exact) mass is 336 g/mol. The normalized spacial score (nSPS) is 10.9. The average Bonchev–Trinajstić information content (AvgIpc) is 3.03. The molecule has 1 amide bonds. The van der Waals surface area contributed by atoms with E-state index in [2.05, 4.69) is 10.5 Å². The summed E-state index contributed by atoms with van der Waals surface area (Å²) in [6.07, 6.45) is 0. The molecule has 0 radical (unpaired) electrons. The molecule has 0 atom stereocenters. The highest BCUT2D eigenvalue weighted by Gasteiger charge is 2.23. The van der Waals surface area contributed by atoms with Gasteiger partial charge in [-0.2, -0.15) is 0 Å². The Kier molecular flexibility index (Phi) is 5.20. The zero-order valence-electron chi connectivity index (χ0n) is 13.9. The molecule has 6 nitrogen and oxygen atoms in total. The van der Waals surface area contributed by atoms with Crippen LogP contribution in [0.2, 0.25) is 0 Å². The van der Waals surface area contributed by atoms with Crippen molar-refractivity contribution in [1.82, 2.24) is 5.16 Å². The number of esters is 1. The maximum Gasteiger partial charge on any atom is 0.341 e. The molecular formula is C16H20N2O4S. The number of carbonyl (C=O) groups excluding carboxylic acids is 2. The SMILES string of the molecule is CCOC(=O)c1cc(C(C)C)sc1NC(=O)c1c(C)noc1C. The smallest absolute Gasteiger partial charge is 0.341 e. The first-order valence-corrected chi connectivity index (χ1v) is 8.21. The number of hydrogen-bond donors (Lipinski definition) is 1. The van der Waals surface area contributed by atoms with Crippen molar-refractivity contribution in [2.24, 2.45) is 0 Å². The number of nitrogens with zero attached hydrogens (tertiary/aromatic N) is 1. The average molecular weight is 336 g/mol. The third-order valence-electron chi connectivity index (χ3n) is 3.30. The van der Waals surface area contributed by atoms with E-state index < -0.39 is 5.97 Å². The van der Waals surface area contributed by atoms with Crippen LogP contribution in [0.15, 0.2) is 10.6 Å². The predicted octanol–water partition coefficient (Wildman–Crippen LogP) is 3.91. The van der Waals surface area contributed by atoms with Gasteiger partial charge in [0.05, 0.1) is 17.9 Å². The van der Waals surface area contributed by atoms with E-state index in [1.807, 2.05) is 13.8 Å². The van der Waals surface area contributed by atoms with Crippen molar-refractivity contribution < 1.29 is 18.8 Å². The fourth-order valence-electron chi connectivity index (χ4n) is 2.12. The number of hydrogen-bond acceptors (Lipinski definition) is 6. The zero-order valence-corrected chi connectivity index (χ0v) is 14.7. The highest BCUT2D eigenvalue weighted by Crippen LogP contribution is 2.34. The summed E-state index contributed by atoms with van der Waals surface area (Å²) < 4.78 is 10.1. The standard InChI is InChI=1S/C16H20N2O4S/c1-6-21-16(20)11-7-12(8(2)3)23-15(11)17-14(19)13-9(4)18-22-10(13)5/h7-8H,6H2,1-5H3,(H,17,19). The van der Waals surface area contributed by atoms with E-state index in [1.165, 1.54) is 11.3 Å². The molecular weight excluding hydrogens is 316 g/mol. The maximum absolute atomic E-state index is 12.5. The minimum Gasteiger partial charge on any atom is -0.462 e. The Morgan fingerprint density at radius 2 is 2.09 bits per heavy atom. The Bertz CT molecular complexity index is 711. The molecule has 0 aromatic carbocycles. The van der Waals surface area contributed by atoms with Crippen molar-refractivity contribution in [3.8, 4) is 0 Å². The number of thiophene rings is 1. The number of aromatic nitrogens is 1. The Morgan fingerprint density at radius 1 is 1.39 bits per heavy atom. The third-order valence-corrected chi connectivity index (χ3v) is 4.65. The molecule has 2 rings (SSSR count). The van der Waals surface area contributed by atoms with Gasteiger partial charge in [0.15, 0.2) is 0 Å². The summed E-state index contributed by atoms with van der Waals surface area (Å²) in [7, 11) is 0. The Balaban J connectivity index is 2.34. The summed E-state index contributed by atoms with van der Waals surface area (Å²) in [6.45, 7) is 9.46. The number of ether oxygens (including phenoxy) is 1. The van der Waals surface area contributed by atoms with Crippen LogP contribution in [0.25, 0.3) is 0 Å². The summed E-state index contributed by atoms with van der Waals surface area (Å²) in [4.78, 5) is 25.6. The van der Waals surface area contributed by atoms with Gasteiger partial charge in [-0.1, -0.05) is 19.0 Å². The molecule has 0 spiro atoms. The van der Waals surface area contributed by atoms with Crippen LogP contribution in [-0.2, 0) is 4.74 Å². The fourth-order valence-corrected chi connectivity index (χ4v) is 3.16. The molecule has 0 unspecified atom stereocenters. The molecule has 2 aromatic rings. The molecule has 7 heteroatoms. The number of anilines is 1. The van der Waals surface area contributed by atoms with Gasteiger partial charge in [0.2, 0.25) is 0 Å². The Hall–Kier alpha value is -2.15. The molecule has 124 valence electrons. The van der Waals surface area contributed by atoms with Gasteiger partial charge in [-0.05, 0) is 32.8 Å². The van der Waals surface area contributed by atoms with Crippen LogP contribution in [-0.4, -0.2) is 23.6 Å². The summed E-state index contributed by atoms with van der Waals surface area (Å²) in [5.41, 5.74) is 1.28. The van der Waals surface area contributed by atoms with Crippen LogP contribution in [0.3, 0.4) is 0 Å². The van der Waals surface area contributed by atoms with Crippen LogP contribution < -0.4 is 5.32 Å². The first-order valence-electron chi connectivity index (χ1n) is 7.40. The third kappa shape index (κ3) is 3.61. The van der Waals surface area contributed by atoms with Crippen molar-refractivity contribution in [2.45, 2.75) is 40.5 Å². The minimum absolute atomic E-state index is 0.248. The van der Waals surface area contributed by atoms with Crippen molar-refractivity contribution in [1.29, 1.82) is 0 Å². The topological polar surface area (TPSA) is 81.4 Å². The van der Waals surface area contributed by atoms with Gasteiger partial charge in [-0.25, -0.2) is 4.79 Å². The lowest BCUT2D eigenvalue weighted by Gasteiger charge is -2.05. The molecule has 1 N–H and O–H groups in total. The summed E-state index contributed by atoms with van der Waals surface area (Å²) >= 11 is 1.38. The van der Waals surface area contributed by atoms with Gasteiger partial charge in [0.25, 0.3) is 5.91 Å². The highest BCUT2D eigenvalue weighted by molar-refractivity contribution is 7.16. The molecule has 2 aromatic heterocycles. The quantitative estimate of drug-likeness (QED) is 0.837. The second-order valence-electron chi connectivity index (χ2n) is 5.42. The van der Waals surface area contributed by atoms with E-state index in [4.69, 9.17) is 9.26 Å². The van der Waals surface area contributed by atoms with Crippen molar-refractivity contribution in [3.05, 3.63) is 33.5 Å². The lowest BCUT2D eigenvalue weighted by Crippen LogP contribution is -2.15. The molecule has 0 aliphatic heterocycles. The molecule has 0 fully saturated rings. The van der Waals surface area contributed by atoms with Gasteiger partial charge in [-0.15, -0.1) is 11.3 Å². The molecule has 23 heavy (non-hydrogen) atoms. The van der Waals surface area contributed by atoms with Gasteiger partial charge in [-0.3, -0.25) is 4.79 Å². The van der Waals surface area contributed by atoms with Gasteiger partial charge in [0, 0.05) is 4.88 Å². The van der Waals surface area contributed by atoms with Gasteiger partial charge in [0.1, 0.15) is 16.3 Å². The van der Waals surface area contributed by atoms with Crippen molar-refractivity contribution in [2.75, 3.05) is 11.9 Å². The zero-order chi connectivity index (χ0) is 17.1. The molecule has 0 aliphatic carbocycles. The van der Waals surface area contributed by atoms with Crippen LogP contribution in [0.4, 0.5) is 5.00 Å². The summed E-state index contributed by atoms with van der Waals surface area (Å²) in [5, 5.41) is 7.05. The first kappa shape index (κ1) is 17.2. The highest BCUT2D eigenvalue weighted by atomic mass is 32.1. The van der Waals surface area contributed by atoms with E-state index in [9.17, 15) is 9.59 Å². The number of amides is 1. The Labute approximate surface area is 138 Å². The largest absolute Gasteiger partial charge is 0.462 e. The van der Waals surface area contributed by atoms with Crippen LogP contribution in [0.1, 0.15) is 63.7 Å². The Morgan fingerprint density at radius 3 is 2.61 bits per heavy atom. The fraction of sp³-hybridized carbons (Fsp3) is 0.438. The lowest BCUT2D eigenvalue weighted by atomic mass is 10.1. The summed E-state index contributed by atoms with van der Waals surface area (Å²) in [5.74, 6) is -0.0927. The molecule has 0 bridgehead atoms. The van der Waals surface area contributed by atoms with E-state index in [0.29, 0.717) is 27.6 Å². The maximum atomic E-state index is 12.5. The number of nitrogens with one attached hydrogen (secondary N) is 1. The molecule has 0 saturated heterocycles. The van der Waals surface area contributed by atoms with Gasteiger partial charge < -0.3 is 14.6 Å². The second kappa shape index (κ2) is 6.95. The molecule has 0 saturated carbocycles. The van der Waals surface area contributed by atoms with E-state index >= 15 is 0 Å². The molecule has 0 aliphatic rings. The lowest BCUT2D eigenvalue weighted by molar-refractivity contribution is 0.0528. The number of rotatable bonds is 5.